The summed E-state index contributed by atoms with van der Waals surface area (Å²) in [5, 5.41) is 6.50. The topological polar surface area (TPSA) is 24.9 Å². The minimum absolute atomic E-state index is 0.192. The Morgan fingerprint density at radius 3 is 2.65 bits per heavy atom. The van der Waals surface area contributed by atoms with Crippen LogP contribution < -0.4 is 5.32 Å². The largest absolute Gasteiger partial charge is 0.305 e. The Morgan fingerprint density at radius 2 is 2.06 bits per heavy atom. The molecule has 4 heteroatoms. The van der Waals surface area contributed by atoms with E-state index in [0.29, 0.717) is 0 Å². The van der Waals surface area contributed by atoms with Crippen LogP contribution in [0.5, 0.6) is 0 Å². The second-order valence-corrected chi connectivity index (χ2v) is 5.07. The summed E-state index contributed by atoms with van der Waals surface area (Å²) in [7, 11) is 0. The van der Waals surface area contributed by atoms with E-state index in [9.17, 15) is 4.39 Å². The molecule has 0 saturated carbocycles. The van der Waals surface area contributed by atoms with Gasteiger partial charge < -0.3 is 5.32 Å². The zero-order valence-corrected chi connectivity index (χ0v) is 10.7. The van der Waals surface area contributed by atoms with Crippen molar-refractivity contribution in [3.05, 3.63) is 51.7 Å². The van der Waals surface area contributed by atoms with Crippen LogP contribution >= 0.6 is 11.3 Å². The van der Waals surface area contributed by atoms with Gasteiger partial charge in [-0.3, -0.25) is 0 Å². The number of hydrogen-bond acceptors (Lipinski definition) is 3. The third-order valence-electron chi connectivity index (χ3n) is 2.63. The average molecular weight is 250 g/mol. The molecule has 0 aliphatic rings. The Labute approximate surface area is 105 Å². The summed E-state index contributed by atoms with van der Waals surface area (Å²) in [5.41, 5.74) is 2.14. The van der Waals surface area contributed by atoms with Crippen molar-refractivity contribution in [2.75, 3.05) is 0 Å². The molecular formula is C13H15FN2S. The molecule has 0 aliphatic carbocycles. The molecule has 1 aromatic heterocycles. The molecule has 0 radical (unpaired) electrons. The molecule has 1 heterocycles. The van der Waals surface area contributed by atoms with Gasteiger partial charge in [0.2, 0.25) is 0 Å². The highest BCUT2D eigenvalue weighted by molar-refractivity contribution is 7.09. The smallest absolute Gasteiger partial charge is 0.123 e. The second-order valence-electron chi connectivity index (χ2n) is 4.01. The van der Waals surface area contributed by atoms with Crippen LogP contribution in [0.1, 0.15) is 29.2 Å². The number of halogens is 1. The maximum atomic E-state index is 12.8. The standard InChI is InChI=1S/C13H15FN2S/c1-9(11-3-5-12(14)6-4-11)15-7-13-8-17-10(2)16-13/h3-6,8-9,15H,7H2,1-2H3. The number of hydrogen-bond donors (Lipinski definition) is 1. The molecule has 0 fully saturated rings. The molecule has 1 aromatic carbocycles. The summed E-state index contributed by atoms with van der Waals surface area (Å²) in [5.74, 6) is -0.198. The van der Waals surface area contributed by atoms with Crippen molar-refractivity contribution in [1.82, 2.24) is 10.3 Å². The van der Waals surface area contributed by atoms with E-state index < -0.39 is 0 Å². The zero-order chi connectivity index (χ0) is 12.3. The SMILES string of the molecule is Cc1nc(CNC(C)c2ccc(F)cc2)cs1. The summed E-state index contributed by atoms with van der Waals surface area (Å²) in [4.78, 5) is 4.39. The Hall–Kier alpha value is -1.26. The second kappa shape index (κ2) is 5.38. The Kier molecular flexibility index (Phi) is 3.86. The predicted octanol–water partition coefficient (Wildman–Crippen LogP) is 3.44. The first kappa shape index (κ1) is 12.2. The monoisotopic (exact) mass is 250 g/mol. The van der Waals surface area contributed by atoms with Crippen LogP contribution in [0.3, 0.4) is 0 Å². The Balaban J connectivity index is 1.93. The number of thiazole rings is 1. The molecule has 90 valence electrons. The van der Waals surface area contributed by atoms with E-state index >= 15 is 0 Å². The van der Waals surface area contributed by atoms with E-state index in [4.69, 9.17) is 0 Å². The van der Waals surface area contributed by atoms with E-state index in [2.05, 4.69) is 22.6 Å². The van der Waals surface area contributed by atoms with Crippen LogP contribution in [0.15, 0.2) is 29.6 Å². The first-order chi connectivity index (χ1) is 8.15. The molecule has 1 unspecified atom stereocenters. The fourth-order valence-corrected chi connectivity index (χ4v) is 2.23. The molecule has 0 aliphatic heterocycles. The molecular weight excluding hydrogens is 235 g/mol. The van der Waals surface area contributed by atoms with E-state index in [1.807, 2.05) is 6.92 Å². The molecule has 0 amide bonds. The van der Waals surface area contributed by atoms with Gasteiger partial charge in [-0.15, -0.1) is 11.3 Å². The van der Waals surface area contributed by atoms with Crippen molar-refractivity contribution in [1.29, 1.82) is 0 Å². The number of nitrogens with one attached hydrogen (secondary N) is 1. The molecule has 2 rings (SSSR count). The summed E-state index contributed by atoms with van der Waals surface area (Å²) < 4.78 is 12.8. The molecule has 2 nitrogen and oxygen atoms in total. The fourth-order valence-electron chi connectivity index (χ4n) is 1.62. The number of rotatable bonds is 4. The maximum Gasteiger partial charge on any atom is 0.123 e. The molecule has 17 heavy (non-hydrogen) atoms. The van der Waals surface area contributed by atoms with Gasteiger partial charge >= 0.3 is 0 Å². The minimum Gasteiger partial charge on any atom is -0.305 e. The van der Waals surface area contributed by atoms with Gasteiger partial charge in [0.25, 0.3) is 0 Å². The number of aryl methyl sites for hydroxylation is 1. The summed E-state index contributed by atoms with van der Waals surface area (Å²) in [6.45, 7) is 4.80. The summed E-state index contributed by atoms with van der Waals surface area (Å²) >= 11 is 1.65. The summed E-state index contributed by atoms with van der Waals surface area (Å²) in [6.07, 6.45) is 0. The predicted molar refractivity (Wildman–Crippen MR) is 68.5 cm³/mol. The van der Waals surface area contributed by atoms with Gasteiger partial charge in [0.15, 0.2) is 0 Å². The Morgan fingerprint density at radius 1 is 1.35 bits per heavy atom. The third kappa shape index (κ3) is 3.35. The fraction of sp³-hybridized carbons (Fsp3) is 0.308. The highest BCUT2D eigenvalue weighted by Gasteiger charge is 2.06. The zero-order valence-electron chi connectivity index (χ0n) is 9.90. The Bertz CT molecular complexity index is 478. The highest BCUT2D eigenvalue weighted by atomic mass is 32.1. The van der Waals surface area contributed by atoms with Crippen molar-refractivity contribution in [3.8, 4) is 0 Å². The van der Waals surface area contributed by atoms with Crippen molar-refractivity contribution >= 4 is 11.3 Å². The van der Waals surface area contributed by atoms with Crippen LogP contribution in [-0.2, 0) is 6.54 Å². The van der Waals surface area contributed by atoms with Crippen LogP contribution in [0.25, 0.3) is 0 Å². The van der Waals surface area contributed by atoms with Crippen LogP contribution in [0.4, 0.5) is 4.39 Å². The average Bonchev–Trinajstić information content (AvgIpc) is 2.73. The first-order valence-corrected chi connectivity index (χ1v) is 6.43. The van der Waals surface area contributed by atoms with E-state index in [1.165, 1.54) is 12.1 Å². The van der Waals surface area contributed by atoms with E-state index in [0.717, 1.165) is 22.8 Å². The van der Waals surface area contributed by atoms with Crippen LogP contribution in [0.2, 0.25) is 0 Å². The molecule has 1 N–H and O–H groups in total. The number of aromatic nitrogens is 1. The van der Waals surface area contributed by atoms with Gasteiger partial charge in [0, 0.05) is 18.0 Å². The lowest BCUT2D eigenvalue weighted by Gasteiger charge is -2.13. The highest BCUT2D eigenvalue weighted by Crippen LogP contribution is 2.14. The molecule has 0 bridgehead atoms. The maximum absolute atomic E-state index is 12.8. The normalized spacial score (nSPS) is 12.6. The quantitative estimate of drug-likeness (QED) is 0.899. The molecule has 1 atom stereocenters. The van der Waals surface area contributed by atoms with Gasteiger partial charge in [0.05, 0.1) is 10.7 Å². The lowest BCUT2D eigenvalue weighted by molar-refractivity contribution is 0.565. The van der Waals surface area contributed by atoms with Gasteiger partial charge in [-0.1, -0.05) is 12.1 Å². The lowest BCUT2D eigenvalue weighted by atomic mass is 10.1. The van der Waals surface area contributed by atoms with Crippen molar-refractivity contribution in [2.45, 2.75) is 26.4 Å². The number of benzene rings is 1. The van der Waals surface area contributed by atoms with Gasteiger partial charge in [0.1, 0.15) is 5.82 Å². The molecule has 2 aromatic rings. The van der Waals surface area contributed by atoms with E-state index in [-0.39, 0.29) is 11.9 Å². The first-order valence-electron chi connectivity index (χ1n) is 5.55. The van der Waals surface area contributed by atoms with Gasteiger partial charge in [-0.2, -0.15) is 0 Å². The number of nitrogens with zero attached hydrogens (tertiary/aromatic N) is 1. The van der Waals surface area contributed by atoms with Crippen molar-refractivity contribution < 1.29 is 4.39 Å². The van der Waals surface area contributed by atoms with Crippen LogP contribution in [-0.4, -0.2) is 4.98 Å². The lowest BCUT2D eigenvalue weighted by Crippen LogP contribution is -2.18. The van der Waals surface area contributed by atoms with Crippen LogP contribution in [0, 0.1) is 12.7 Å². The van der Waals surface area contributed by atoms with Crippen molar-refractivity contribution in [3.63, 3.8) is 0 Å². The van der Waals surface area contributed by atoms with Gasteiger partial charge in [-0.05, 0) is 31.5 Å². The van der Waals surface area contributed by atoms with Gasteiger partial charge in [-0.25, -0.2) is 9.37 Å². The minimum atomic E-state index is -0.198. The summed E-state index contributed by atoms with van der Waals surface area (Å²) in [6, 6.07) is 6.78. The van der Waals surface area contributed by atoms with Crippen molar-refractivity contribution in [2.24, 2.45) is 0 Å². The molecule has 0 saturated heterocycles. The third-order valence-corrected chi connectivity index (χ3v) is 3.45. The van der Waals surface area contributed by atoms with E-state index in [1.54, 1.807) is 23.5 Å². The molecule has 0 spiro atoms.